The van der Waals surface area contributed by atoms with Crippen LogP contribution in [0.2, 0.25) is 0 Å². The van der Waals surface area contributed by atoms with Crippen LogP contribution in [0.1, 0.15) is 0 Å². The zero-order chi connectivity index (χ0) is 10.3. The summed E-state index contributed by atoms with van der Waals surface area (Å²) in [5.74, 6) is 0. The monoisotopic (exact) mass is 211 g/mol. The van der Waals surface area contributed by atoms with E-state index in [2.05, 4.69) is 11.9 Å². The molecule has 0 spiro atoms. The SMILES string of the molecule is C=CC1CNCCO1.O=P(O)(O)O. The molecule has 4 N–H and O–H groups in total. The standard InChI is InChI=1S/C6H11NO.H3O4P/c1-2-6-5-7-3-4-8-6;1-5(2,3)4/h2,6-7H,1,3-5H2;(H3,1,2,3,4). The lowest BCUT2D eigenvalue weighted by Gasteiger charge is -2.19. The first-order valence-corrected chi connectivity index (χ1v) is 5.23. The molecule has 0 radical (unpaired) electrons. The molecule has 0 aromatic rings. The highest BCUT2D eigenvalue weighted by molar-refractivity contribution is 7.45. The van der Waals surface area contributed by atoms with Gasteiger partial charge in [-0.2, -0.15) is 0 Å². The molecule has 13 heavy (non-hydrogen) atoms. The molecule has 6 nitrogen and oxygen atoms in total. The van der Waals surface area contributed by atoms with E-state index in [0.29, 0.717) is 0 Å². The second-order valence-electron chi connectivity index (χ2n) is 2.36. The van der Waals surface area contributed by atoms with Crippen LogP contribution in [0, 0.1) is 0 Å². The first-order chi connectivity index (χ1) is 5.93. The largest absolute Gasteiger partial charge is 0.466 e. The van der Waals surface area contributed by atoms with Gasteiger partial charge >= 0.3 is 7.82 Å². The van der Waals surface area contributed by atoms with E-state index in [4.69, 9.17) is 24.0 Å². The molecule has 1 saturated heterocycles. The molecule has 0 bridgehead atoms. The van der Waals surface area contributed by atoms with Crippen molar-refractivity contribution in [3.8, 4) is 0 Å². The maximum Gasteiger partial charge on any atom is 0.466 e. The van der Waals surface area contributed by atoms with Gasteiger partial charge in [0.1, 0.15) is 0 Å². The summed E-state index contributed by atoms with van der Waals surface area (Å²) in [4.78, 5) is 21.6. The average molecular weight is 211 g/mol. The molecule has 0 aromatic carbocycles. The fourth-order valence-electron chi connectivity index (χ4n) is 0.737. The highest BCUT2D eigenvalue weighted by Gasteiger charge is 2.07. The number of hydrogen-bond acceptors (Lipinski definition) is 3. The third kappa shape index (κ3) is 11.8. The van der Waals surface area contributed by atoms with Crippen LogP contribution < -0.4 is 5.32 Å². The van der Waals surface area contributed by atoms with Crippen molar-refractivity contribution < 1.29 is 24.0 Å². The number of morpholine rings is 1. The maximum atomic E-state index is 8.88. The van der Waals surface area contributed by atoms with Crippen molar-refractivity contribution in [2.45, 2.75) is 6.10 Å². The van der Waals surface area contributed by atoms with Crippen LogP contribution in [0.5, 0.6) is 0 Å². The fraction of sp³-hybridized carbons (Fsp3) is 0.667. The molecule has 7 heteroatoms. The van der Waals surface area contributed by atoms with Gasteiger partial charge in [0.05, 0.1) is 12.7 Å². The van der Waals surface area contributed by atoms with Crippen molar-refractivity contribution in [2.75, 3.05) is 19.7 Å². The minimum atomic E-state index is -4.64. The predicted molar refractivity (Wildman–Crippen MR) is 47.1 cm³/mol. The molecule has 0 aliphatic carbocycles. The normalized spacial score (nSPS) is 22.8. The minimum absolute atomic E-state index is 0.240. The van der Waals surface area contributed by atoms with Crippen molar-refractivity contribution >= 4 is 7.82 Å². The van der Waals surface area contributed by atoms with E-state index in [9.17, 15) is 0 Å². The van der Waals surface area contributed by atoms with Crippen molar-refractivity contribution in [1.29, 1.82) is 0 Å². The number of phosphoric acid groups is 1. The summed E-state index contributed by atoms with van der Waals surface area (Å²) in [5, 5.41) is 3.19. The molecule has 1 aliphatic heterocycles. The number of ether oxygens (including phenoxy) is 1. The number of rotatable bonds is 1. The Morgan fingerprint density at radius 2 is 2.08 bits per heavy atom. The molecule has 0 amide bonds. The molecular formula is C6H14NO5P. The second kappa shape index (κ2) is 6.26. The van der Waals surface area contributed by atoms with E-state index < -0.39 is 7.82 Å². The Morgan fingerprint density at radius 3 is 2.31 bits per heavy atom. The van der Waals surface area contributed by atoms with Gasteiger partial charge in [0.2, 0.25) is 0 Å². The summed E-state index contributed by atoms with van der Waals surface area (Å²) >= 11 is 0. The van der Waals surface area contributed by atoms with Gasteiger partial charge in [-0.15, -0.1) is 6.58 Å². The number of nitrogens with one attached hydrogen (secondary N) is 1. The molecule has 1 unspecified atom stereocenters. The van der Waals surface area contributed by atoms with Gasteiger partial charge in [-0.25, -0.2) is 4.57 Å². The Labute approximate surface area is 76.5 Å². The van der Waals surface area contributed by atoms with Crippen LogP contribution in [0.3, 0.4) is 0 Å². The Hall–Kier alpha value is -0.230. The lowest BCUT2D eigenvalue weighted by atomic mass is 10.3. The van der Waals surface area contributed by atoms with Gasteiger partial charge < -0.3 is 24.7 Å². The molecule has 0 aromatic heterocycles. The van der Waals surface area contributed by atoms with Gasteiger partial charge in [0.25, 0.3) is 0 Å². The van der Waals surface area contributed by atoms with E-state index in [-0.39, 0.29) is 6.10 Å². The molecule has 0 saturated carbocycles. The van der Waals surface area contributed by atoms with Crippen LogP contribution in [0.25, 0.3) is 0 Å². The molecule has 1 heterocycles. The van der Waals surface area contributed by atoms with E-state index >= 15 is 0 Å². The minimum Gasteiger partial charge on any atom is -0.372 e. The second-order valence-corrected chi connectivity index (χ2v) is 3.39. The van der Waals surface area contributed by atoms with Gasteiger partial charge in [0.15, 0.2) is 0 Å². The molecule has 1 fully saturated rings. The smallest absolute Gasteiger partial charge is 0.372 e. The van der Waals surface area contributed by atoms with E-state index in [1.165, 1.54) is 0 Å². The summed E-state index contributed by atoms with van der Waals surface area (Å²) in [6, 6.07) is 0. The van der Waals surface area contributed by atoms with Crippen LogP contribution in [-0.2, 0) is 9.30 Å². The van der Waals surface area contributed by atoms with Crippen molar-refractivity contribution in [1.82, 2.24) is 5.32 Å². The first-order valence-electron chi connectivity index (χ1n) is 3.66. The summed E-state index contributed by atoms with van der Waals surface area (Å²) < 4.78 is 14.1. The van der Waals surface area contributed by atoms with Crippen LogP contribution in [0.15, 0.2) is 12.7 Å². The summed E-state index contributed by atoms with van der Waals surface area (Å²) in [6.45, 7) is 6.33. The Kier molecular flexibility index (Phi) is 6.15. The molecule has 78 valence electrons. The van der Waals surface area contributed by atoms with E-state index in [1.807, 2.05) is 6.08 Å². The lowest BCUT2D eigenvalue weighted by Crippen LogP contribution is -2.37. The molecule has 1 atom stereocenters. The molecular weight excluding hydrogens is 197 g/mol. The molecule has 1 aliphatic rings. The fourth-order valence-corrected chi connectivity index (χ4v) is 0.737. The topological polar surface area (TPSA) is 99.0 Å². The van der Waals surface area contributed by atoms with Crippen LogP contribution in [-0.4, -0.2) is 40.5 Å². The highest BCUT2D eigenvalue weighted by atomic mass is 31.2. The van der Waals surface area contributed by atoms with Crippen LogP contribution in [0.4, 0.5) is 0 Å². The zero-order valence-electron chi connectivity index (χ0n) is 7.09. The summed E-state index contributed by atoms with van der Waals surface area (Å²) in [7, 11) is -4.64. The van der Waals surface area contributed by atoms with Crippen LogP contribution >= 0.6 is 7.82 Å². The third-order valence-corrected chi connectivity index (χ3v) is 1.22. The third-order valence-electron chi connectivity index (χ3n) is 1.22. The Bertz CT molecular complexity index is 177. The van der Waals surface area contributed by atoms with E-state index in [0.717, 1.165) is 19.7 Å². The van der Waals surface area contributed by atoms with Crippen molar-refractivity contribution in [2.24, 2.45) is 0 Å². The molecule has 1 rings (SSSR count). The Morgan fingerprint density at radius 1 is 1.54 bits per heavy atom. The summed E-state index contributed by atoms with van der Waals surface area (Å²) in [6.07, 6.45) is 2.07. The van der Waals surface area contributed by atoms with Gasteiger partial charge in [-0.1, -0.05) is 6.08 Å². The average Bonchev–Trinajstić information content (AvgIpc) is 2.03. The van der Waals surface area contributed by atoms with Crippen molar-refractivity contribution in [3.05, 3.63) is 12.7 Å². The van der Waals surface area contributed by atoms with Gasteiger partial charge in [-0.05, 0) is 0 Å². The number of hydrogen-bond donors (Lipinski definition) is 4. The maximum absolute atomic E-state index is 8.88. The predicted octanol–water partition coefficient (Wildman–Crippen LogP) is -0.768. The Balaban J connectivity index is 0.000000252. The van der Waals surface area contributed by atoms with Gasteiger partial charge in [0, 0.05) is 13.1 Å². The zero-order valence-corrected chi connectivity index (χ0v) is 7.98. The summed E-state index contributed by atoms with van der Waals surface area (Å²) in [5.41, 5.74) is 0. The van der Waals surface area contributed by atoms with Gasteiger partial charge in [-0.3, -0.25) is 0 Å². The highest BCUT2D eigenvalue weighted by Crippen LogP contribution is 2.25. The first kappa shape index (κ1) is 12.8. The van der Waals surface area contributed by atoms with Crippen molar-refractivity contribution in [3.63, 3.8) is 0 Å². The lowest BCUT2D eigenvalue weighted by molar-refractivity contribution is 0.0594. The quantitative estimate of drug-likeness (QED) is 0.336. The van der Waals surface area contributed by atoms with E-state index in [1.54, 1.807) is 0 Å².